The van der Waals surface area contributed by atoms with Crippen LogP contribution in [0.5, 0.6) is 0 Å². The fourth-order valence-electron chi connectivity index (χ4n) is 2.77. The molecule has 1 aromatic carbocycles. The van der Waals surface area contributed by atoms with Crippen LogP contribution in [0.25, 0.3) is 11.0 Å². The average Bonchev–Trinajstić information content (AvgIpc) is 2.81. The third-order valence-electron chi connectivity index (χ3n) is 3.90. The molecule has 21 heavy (non-hydrogen) atoms. The molecule has 0 spiro atoms. The fourth-order valence-corrected chi connectivity index (χ4v) is 2.77. The number of benzene rings is 1. The molecule has 0 N–H and O–H groups in total. The molecule has 0 saturated carbocycles. The third-order valence-corrected chi connectivity index (χ3v) is 3.90. The molecule has 1 atom stereocenters. The van der Waals surface area contributed by atoms with Crippen molar-refractivity contribution in [1.29, 1.82) is 0 Å². The largest absolute Gasteiger partial charge is 0.376 e. The normalized spacial score (nSPS) is 20.1. The summed E-state index contributed by atoms with van der Waals surface area (Å²) >= 11 is 0. The van der Waals surface area contributed by atoms with Crippen molar-refractivity contribution in [2.45, 2.75) is 32.9 Å². The van der Waals surface area contributed by atoms with Crippen molar-refractivity contribution in [2.75, 3.05) is 19.8 Å². The maximum absolute atomic E-state index is 5.69. The summed E-state index contributed by atoms with van der Waals surface area (Å²) in [5.41, 5.74) is 3.59. The van der Waals surface area contributed by atoms with E-state index in [1.54, 1.807) is 0 Å². The molecule has 1 aromatic heterocycles. The molecule has 4 heteroatoms. The third kappa shape index (κ3) is 3.34. The number of aryl methyl sites for hydroxylation is 1. The van der Waals surface area contributed by atoms with Crippen molar-refractivity contribution in [3.8, 4) is 0 Å². The Kier molecular flexibility index (Phi) is 4.36. The number of fused-ring (bicyclic) bond motifs is 1. The van der Waals surface area contributed by atoms with Crippen molar-refractivity contribution in [3.05, 3.63) is 41.7 Å². The summed E-state index contributed by atoms with van der Waals surface area (Å²) in [6.45, 7) is 7.21. The highest BCUT2D eigenvalue weighted by Crippen LogP contribution is 2.17. The van der Waals surface area contributed by atoms with Gasteiger partial charge in [-0.25, -0.2) is 4.98 Å². The standard InChI is InChI=1S/C17H22N2O2/c1-13(11-15-12-20-9-10-21-15)7-8-19-14(2)18-16-5-3-4-6-17(16)19/h3-7,15H,8-12H2,1-2H3/b13-7+. The zero-order valence-corrected chi connectivity index (χ0v) is 12.7. The van der Waals surface area contributed by atoms with Gasteiger partial charge >= 0.3 is 0 Å². The first-order valence-corrected chi connectivity index (χ1v) is 7.51. The van der Waals surface area contributed by atoms with Crippen molar-refractivity contribution in [1.82, 2.24) is 9.55 Å². The minimum Gasteiger partial charge on any atom is -0.376 e. The Morgan fingerprint density at radius 2 is 2.24 bits per heavy atom. The Morgan fingerprint density at radius 1 is 1.38 bits per heavy atom. The summed E-state index contributed by atoms with van der Waals surface area (Å²) in [7, 11) is 0. The Bertz CT molecular complexity index is 639. The van der Waals surface area contributed by atoms with E-state index in [-0.39, 0.29) is 6.10 Å². The second-order valence-electron chi connectivity index (χ2n) is 5.58. The van der Waals surface area contributed by atoms with E-state index in [9.17, 15) is 0 Å². The van der Waals surface area contributed by atoms with E-state index in [4.69, 9.17) is 9.47 Å². The molecule has 1 saturated heterocycles. The van der Waals surface area contributed by atoms with Crippen LogP contribution >= 0.6 is 0 Å². The van der Waals surface area contributed by atoms with E-state index in [2.05, 4.69) is 47.7 Å². The lowest BCUT2D eigenvalue weighted by molar-refractivity contribution is -0.0871. The van der Waals surface area contributed by atoms with Crippen molar-refractivity contribution < 1.29 is 9.47 Å². The quantitative estimate of drug-likeness (QED) is 0.810. The van der Waals surface area contributed by atoms with Gasteiger partial charge in [0, 0.05) is 6.54 Å². The molecule has 0 bridgehead atoms. The zero-order valence-electron chi connectivity index (χ0n) is 12.7. The maximum Gasteiger partial charge on any atom is 0.107 e. The summed E-state index contributed by atoms with van der Waals surface area (Å²) in [6.07, 6.45) is 3.40. The molecule has 1 aliphatic heterocycles. The number of aromatic nitrogens is 2. The molecule has 1 unspecified atom stereocenters. The molecule has 2 heterocycles. The molecule has 0 amide bonds. The molecule has 1 aliphatic rings. The van der Waals surface area contributed by atoms with E-state index < -0.39 is 0 Å². The molecular formula is C17H22N2O2. The van der Waals surface area contributed by atoms with Crippen LogP contribution in [0.1, 0.15) is 19.2 Å². The number of allylic oxidation sites excluding steroid dienone is 1. The Hall–Kier alpha value is -1.65. The minimum absolute atomic E-state index is 0.204. The van der Waals surface area contributed by atoms with Crippen LogP contribution in [-0.4, -0.2) is 35.5 Å². The predicted molar refractivity (Wildman–Crippen MR) is 83.4 cm³/mol. The lowest BCUT2D eigenvalue weighted by Crippen LogP contribution is -2.28. The highest BCUT2D eigenvalue weighted by atomic mass is 16.6. The number of nitrogens with zero attached hydrogens (tertiary/aromatic N) is 2. The molecule has 0 aliphatic carbocycles. The van der Waals surface area contributed by atoms with Crippen molar-refractivity contribution >= 4 is 11.0 Å². The van der Waals surface area contributed by atoms with Gasteiger partial charge in [0.2, 0.25) is 0 Å². The zero-order chi connectivity index (χ0) is 14.7. The second-order valence-corrected chi connectivity index (χ2v) is 5.58. The van der Waals surface area contributed by atoms with Gasteiger partial charge in [-0.05, 0) is 32.4 Å². The van der Waals surface area contributed by atoms with Gasteiger partial charge in [0.05, 0.1) is 37.0 Å². The van der Waals surface area contributed by atoms with E-state index in [0.717, 1.165) is 30.9 Å². The Balaban J connectivity index is 1.70. The van der Waals surface area contributed by atoms with Gasteiger partial charge in [0.15, 0.2) is 0 Å². The van der Waals surface area contributed by atoms with Crippen LogP contribution < -0.4 is 0 Å². The topological polar surface area (TPSA) is 36.3 Å². The summed E-state index contributed by atoms with van der Waals surface area (Å²) in [5.74, 6) is 1.05. The molecule has 0 radical (unpaired) electrons. The first-order valence-electron chi connectivity index (χ1n) is 7.51. The highest BCUT2D eigenvalue weighted by Gasteiger charge is 2.14. The molecule has 4 nitrogen and oxygen atoms in total. The van der Waals surface area contributed by atoms with E-state index in [1.807, 2.05) is 6.07 Å². The SMILES string of the molecule is C/C(=C\Cn1c(C)nc2ccccc21)CC1COCCO1. The number of hydrogen-bond donors (Lipinski definition) is 0. The Labute approximate surface area is 125 Å². The van der Waals surface area contributed by atoms with Crippen LogP contribution in [0.2, 0.25) is 0 Å². The molecule has 2 aromatic rings. The van der Waals surface area contributed by atoms with Gasteiger partial charge in [-0.1, -0.05) is 23.8 Å². The van der Waals surface area contributed by atoms with Crippen molar-refractivity contribution in [2.24, 2.45) is 0 Å². The molecule has 3 rings (SSSR count). The van der Waals surface area contributed by atoms with E-state index >= 15 is 0 Å². The lowest BCUT2D eigenvalue weighted by Gasteiger charge is -2.23. The van der Waals surface area contributed by atoms with Gasteiger partial charge in [-0.15, -0.1) is 0 Å². The van der Waals surface area contributed by atoms with Gasteiger partial charge in [0.1, 0.15) is 5.82 Å². The minimum atomic E-state index is 0.204. The second kappa shape index (κ2) is 6.41. The summed E-state index contributed by atoms with van der Waals surface area (Å²) in [4.78, 5) is 4.60. The van der Waals surface area contributed by atoms with E-state index in [0.29, 0.717) is 13.2 Å². The first kappa shape index (κ1) is 14.3. The average molecular weight is 286 g/mol. The summed E-state index contributed by atoms with van der Waals surface area (Å²) in [5, 5.41) is 0. The fraction of sp³-hybridized carbons (Fsp3) is 0.471. The smallest absolute Gasteiger partial charge is 0.107 e. The van der Waals surface area contributed by atoms with Crippen LogP contribution in [0.15, 0.2) is 35.9 Å². The first-order chi connectivity index (χ1) is 10.2. The number of hydrogen-bond acceptors (Lipinski definition) is 3. The number of rotatable bonds is 4. The highest BCUT2D eigenvalue weighted by molar-refractivity contribution is 5.75. The summed E-state index contributed by atoms with van der Waals surface area (Å²) < 4.78 is 13.4. The van der Waals surface area contributed by atoms with Crippen LogP contribution in [0, 0.1) is 6.92 Å². The van der Waals surface area contributed by atoms with E-state index in [1.165, 1.54) is 11.1 Å². The predicted octanol–water partition coefficient (Wildman–Crippen LogP) is 3.10. The summed E-state index contributed by atoms with van der Waals surface area (Å²) in [6, 6.07) is 8.27. The van der Waals surface area contributed by atoms with Crippen LogP contribution in [0.3, 0.4) is 0 Å². The monoisotopic (exact) mass is 286 g/mol. The lowest BCUT2D eigenvalue weighted by atomic mass is 10.1. The van der Waals surface area contributed by atoms with Gasteiger partial charge in [-0.2, -0.15) is 0 Å². The van der Waals surface area contributed by atoms with Crippen LogP contribution in [-0.2, 0) is 16.0 Å². The van der Waals surface area contributed by atoms with Gasteiger partial charge in [0.25, 0.3) is 0 Å². The maximum atomic E-state index is 5.69. The van der Waals surface area contributed by atoms with Crippen molar-refractivity contribution in [3.63, 3.8) is 0 Å². The Morgan fingerprint density at radius 3 is 3.05 bits per heavy atom. The molecule has 1 fully saturated rings. The molecule has 112 valence electrons. The number of para-hydroxylation sites is 2. The van der Waals surface area contributed by atoms with Gasteiger partial charge < -0.3 is 14.0 Å². The molecular weight excluding hydrogens is 264 g/mol. The van der Waals surface area contributed by atoms with Gasteiger partial charge in [-0.3, -0.25) is 0 Å². The number of ether oxygens (including phenoxy) is 2. The van der Waals surface area contributed by atoms with Crippen LogP contribution in [0.4, 0.5) is 0 Å². The number of imidazole rings is 1.